The molecular weight excluding hydrogens is 125 g/mol. The molecule has 0 atom stereocenters. The molecule has 0 amide bonds. The Morgan fingerprint density at radius 1 is 1.78 bits per heavy atom. The summed E-state index contributed by atoms with van der Waals surface area (Å²) in [5, 5.41) is 8.14. The monoisotopic (exact) mass is 135 g/mol. The van der Waals surface area contributed by atoms with Crippen LogP contribution in [0.5, 0.6) is 0 Å². The summed E-state index contributed by atoms with van der Waals surface area (Å²) in [7, 11) is 0. The van der Waals surface area contributed by atoms with Crippen molar-refractivity contribution < 1.29 is 14.3 Å². The van der Waals surface area contributed by atoms with Crippen LogP contribution in [0.1, 0.15) is 6.92 Å². The third-order valence-corrected chi connectivity index (χ3v) is 0.975. The summed E-state index contributed by atoms with van der Waals surface area (Å²) in [6.45, 7) is 1.24. The van der Waals surface area contributed by atoms with E-state index >= 15 is 0 Å². The molecular formula is C5H10FNO2. The van der Waals surface area contributed by atoms with Crippen molar-refractivity contribution in [2.24, 2.45) is 0 Å². The van der Waals surface area contributed by atoms with Crippen LogP contribution in [-0.4, -0.2) is 35.9 Å². The quantitative estimate of drug-likeness (QED) is 0.564. The van der Waals surface area contributed by atoms with Gasteiger partial charge in [0.1, 0.15) is 6.80 Å². The summed E-state index contributed by atoms with van der Waals surface area (Å²) in [5.41, 5.74) is 0. The van der Waals surface area contributed by atoms with E-state index in [4.69, 9.17) is 5.11 Å². The van der Waals surface area contributed by atoms with E-state index in [0.717, 1.165) is 0 Å². The van der Waals surface area contributed by atoms with Crippen molar-refractivity contribution >= 4 is 5.97 Å². The second-order valence-corrected chi connectivity index (χ2v) is 1.66. The van der Waals surface area contributed by atoms with E-state index in [2.05, 4.69) is 0 Å². The van der Waals surface area contributed by atoms with Crippen LogP contribution in [0.3, 0.4) is 0 Å². The van der Waals surface area contributed by atoms with Gasteiger partial charge in [0.05, 0.1) is 6.54 Å². The highest BCUT2D eigenvalue weighted by molar-refractivity contribution is 5.69. The van der Waals surface area contributed by atoms with Crippen molar-refractivity contribution in [2.45, 2.75) is 6.92 Å². The van der Waals surface area contributed by atoms with Crippen LogP contribution in [0.15, 0.2) is 0 Å². The number of aliphatic carboxylic acids is 1. The molecule has 0 saturated carbocycles. The lowest BCUT2D eigenvalue weighted by atomic mass is 10.5. The zero-order chi connectivity index (χ0) is 7.28. The lowest BCUT2D eigenvalue weighted by Gasteiger charge is -2.11. The second-order valence-electron chi connectivity index (χ2n) is 1.66. The summed E-state index contributed by atoms with van der Waals surface area (Å²) >= 11 is 0. The number of hydrogen-bond donors (Lipinski definition) is 1. The number of nitrogens with zero attached hydrogens (tertiary/aromatic N) is 1. The Morgan fingerprint density at radius 3 is 2.44 bits per heavy atom. The Labute approximate surface area is 53.1 Å². The molecule has 0 saturated heterocycles. The van der Waals surface area contributed by atoms with Gasteiger partial charge in [-0.3, -0.25) is 9.69 Å². The van der Waals surface area contributed by atoms with Crippen molar-refractivity contribution in [3.63, 3.8) is 0 Å². The van der Waals surface area contributed by atoms with Gasteiger partial charge >= 0.3 is 5.97 Å². The Kier molecular flexibility index (Phi) is 3.96. The van der Waals surface area contributed by atoms with Gasteiger partial charge in [0.15, 0.2) is 0 Å². The van der Waals surface area contributed by atoms with Crippen LogP contribution < -0.4 is 0 Å². The minimum absolute atomic E-state index is 0.215. The van der Waals surface area contributed by atoms with Crippen LogP contribution in [0.2, 0.25) is 0 Å². The third kappa shape index (κ3) is 3.90. The average molecular weight is 135 g/mol. The number of carbonyl (C=O) groups is 1. The van der Waals surface area contributed by atoms with Crippen LogP contribution >= 0.6 is 0 Å². The van der Waals surface area contributed by atoms with Gasteiger partial charge in [-0.2, -0.15) is 0 Å². The predicted octanol–water partition coefficient (Wildman–Crippen LogP) is 0.320. The molecule has 0 rings (SSSR count). The highest BCUT2D eigenvalue weighted by Gasteiger charge is 2.04. The van der Waals surface area contributed by atoms with Crippen molar-refractivity contribution in [1.29, 1.82) is 0 Å². The van der Waals surface area contributed by atoms with E-state index in [1.54, 1.807) is 6.92 Å². The molecule has 0 bridgehead atoms. The van der Waals surface area contributed by atoms with E-state index in [1.165, 1.54) is 4.90 Å². The molecule has 0 heterocycles. The van der Waals surface area contributed by atoms with E-state index < -0.39 is 12.8 Å². The molecule has 0 aromatic rings. The second kappa shape index (κ2) is 4.26. The number of alkyl halides is 1. The molecule has 9 heavy (non-hydrogen) atoms. The first kappa shape index (κ1) is 8.36. The van der Waals surface area contributed by atoms with Gasteiger partial charge in [0.25, 0.3) is 0 Å². The number of hydrogen-bond acceptors (Lipinski definition) is 2. The smallest absolute Gasteiger partial charge is 0.317 e. The molecule has 0 radical (unpaired) electrons. The summed E-state index contributed by atoms with van der Waals surface area (Å²) in [6.07, 6.45) is 0. The van der Waals surface area contributed by atoms with Gasteiger partial charge in [0.2, 0.25) is 0 Å². The van der Waals surface area contributed by atoms with Crippen LogP contribution in [0.25, 0.3) is 0 Å². The first-order valence-corrected chi connectivity index (χ1v) is 2.70. The van der Waals surface area contributed by atoms with Gasteiger partial charge in [0, 0.05) is 0 Å². The molecule has 0 aromatic carbocycles. The van der Waals surface area contributed by atoms with Crippen molar-refractivity contribution in [3.05, 3.63) is 0 Å². The van der Waals surface area contributed by atoms with E-state index in [9.17, 15) is 9.18 Å². The van der Waals surface area contributed by atoms with E-state index in [1.807, 2.05) is 0 Å². The van der Waals surface area contributed by atoms with Gasteiger partial charge in [-0.05, 0) is 6.54 Å². The first-order chi connectivity index (χ1) is 4.20. The number of carboxylic acid groups (broad SMARTS) is 1. The molecule has 0 aliphatic carbocycles. The van der Waals surface area contributed by atoms with Crippen LogP contribution in [-0.2, 0) is 4.79 Å². The Balaban J connectivity index is 3.43. The molecule has 0 unspecified atom stereocenters. The number of carboxylic acids is 1. The van der Waals surface area contributed by atoms with Gasteiger partial charge in [-0.25, -0.2) is 4.39 Å². The highest BCUT2D eigenvalue weighted by atomic mass is 19.1. The Bertz CT molecular complexity index is 93.0. The highest BCUT2D eigenvalue weighted by Crippen LogP contribution is 1.85. The average Bonchev–Trinajstić information content (AvgIpc) is 1.82. The number of halogens is 1. The maximum absolute atomic E-state index is 11.7. The summed E-state index contributed by atoms with van der Waals surface area (Å²) < 4.78 is 11.7. The fourth-order valence-electron chi connectivity index (χ4n) is 0.430. The minimum Gasteiger partial charge on any atom is -0.480 e. The molecule has 0 aromatic heterocycles. The molecule has 54 valence electrons. The SMILES string of the molecule is CCN(CF)CC(=O)O. The van der Waals surface area contributed by atoms with Gasteiger partial charge in [-0.1, -0.05) is 6.92 Å². The summed E-state index contributed by atoms with van der Waals surface area (Å²) in [5.74, 6) is -0.991. The van der Waals surface area contributed by atoms with Crippen molar-refractivity contribution in [1.82, 2.24) is 4.90 Å². The standard InChI is InChI=1S/C5H10FNO2/c1-2-7(4-6)3-5(8)9/h2-4H2,1H3,(H,8,9). The topological polar surface area (TPSA) is 40.5 Å². The van der Waals surface area contributed by atoms with Crippen LogP contribution in [0.4, 0.5) is 4.39 Å². The fraction of sp³-hybridized carbons (Fsp3) is 0.800. The Hall–Kier alpha value is -0.640. The maximum Gasteiger partial charge on any atom is 0.317 e. The number of likely N-dealkylation sites (N-methyl/N-ethyl adjacent to an activating group) is 1. The molecule has 4 heteroatoms. The minimum atomic E-state index is -0.991. The zero-order valence-electron chi connectivity index (χ0n) is 5.30. The predicted molar refractivity (Wildman–Crippen MR) is 30.9 cm³/mol. The summed E-state index contributed by atoms with van der Waals surface area (Å²) in [4.78, 5) is 11.1. The van der Waals surface area contributed by atoms with E-state index in [-0.39, 0.29) is 6.54 Å². The van der Waals surface area contributed by atoms with Crippen molar-refractivity contribution in [3.8, 4) is 0 Å². The molecule has 0 aliphatic heterocycles. The molecule has 0 aliphatic rings. The van der Waals surface area contributed by atoms with E-state index in [0.29, 0.717) is 6.54 Å². The molecule has 1 N–H and O–H groups in total. The van der Waals surface area contributed by atoms with Gasteiger partial charge < -0.3 is 5.11 Å². The largest absolute Gasteiger partial charge is 0.480 e. The Morgan fingerprint density at radius 2 is 2.33 bits per heavy atom. The third-order valence-electron chi connectivity index (χ3n) is 0.975. The first-order valence-electron chi connectivity index (χ1n) is 2.70. The molecule has 0 fully saturated rings. The summed E-state index contributed by atoms with van der Waals surface area (Å²) in [6, 6.07) is 0. The zero-order valence-corrected chi connectivity index (χ0v) is 5.30. The lowest BCUT2D eigenvalue weighted by molar-refractivity contribution is -0.138. The van der Waals surface area contributed by atoms with Crippen molar-refractivity contribution in [2.75, 3.05) is 19.9 Å². The lowest BCUT2D eigenvalue weighted by Crippen LogP contribution is -2.28. The maximum atomic E-state index is 11.7. The number of rotatable bonds is 4. The van der Waals surface area contributed by atoms with Gasteiger partial charge in [-0.15, -0.1) is 0 Å². The fourth-order valence-corrected chi connectivity index (χ4v) is 0.430. The normalized spacial score (nSPS) is 10.1. The van der Waals surface area contributed by atoms with Crippen LogP contribution in [0, 0.1) is 0 Å². The molecule has 0 spiro atoms. The molecule has 3 nitrogen and oxygen atoms in total.